The molecule has 192 valence electrons. The molecular weight excluding hydrogens is 478 g/mol. The maximum Gasteiger partial charge on any atom is 0.243 e. The van der Waals surface area contributed by atoms with Crippen molar-refractivity contribution in [1.29, 1.82) is 0 Å². The van der Waals surface area contributed by atoms with Crippen molar-refractivity contribution in [3.63, 3.8) is 0 Å². The van der Waals surface area contributed by atoms with Crippen LogP contribution in [0.4, 0.5) is 5.69 Å². The highest BCUT2D eigenvalue weighted by Gasteiger charge is 2.40. The van der Waals surface area contributed by atoms with E-state index in [0.717, 1.165) is 35.4 Å². The molecule has 8 nitrogen and oxygen atoms in total. The maximum absolute atomic E-state index is 13.4. The standard InChI is InChI=1S/C27H33N3O5S/c1-18-15-22-16-24(9-10-25(22)30(18)27(32)21-5-6-21)36(33,34)29-13-11-20(12-14-29)26(31)28-17-19-3-7-23(35-2)8-4-19/h3-4,7-10,16,18,20-21H,5-6,11-15,17H2,1-2H3,(H,28,31)/t18-/m0/s1. The Bertz CT molecular complexity index is 1250. The van der Waals surface area contributed by atoms with Crippen LogP contribution in [-0.4, -0.2) is 50.8 Å². The van der Waals surface area contributed by atoms with Gasteiger partial charge in [0.05, 0.1) is 12.0 Å². The molecule has 2 aromatic carbocycles. The van der Waals surface area contributed by atoms with Crippen LogP contribution >= 0.6 is 0 Å². The summed E-state index contributed by atoms with van der Waals surface area (Å²) in [6, 6.07) is 12.7. The number of fused-ring (bicyclic) bond motifs is 1. The molecule has 0 spiro atoms. The number of ether oxygens (including phenoxy) is 1. The van der Waals surface area contributed by atoms with Crippen LogP contribution in [0, 0.1) is 11.8 Å². The summed E-state index contributed by atoms with van der Waals surface area (Å²) in [6.07, 6.45) is 3.52. The number of hydrogen-bond acceptors (Lipinski definition) is 5. The molecule has 9 heteroatoms. The molecule has 2 fully saturated rings. The Labute approximate surface area is 212 Å². The number of nitrogens with zero attached hydrogens (tertiary/aromatic N) is 2. The van der Waals surface area contributed by atoms with E-state index >= 15 is 0 Å². The van der Waals surface area contributed by atoms with E-state index in [9.17, 15) is 18.0 Å². The van der Waals surface area contributed by atoms with E-state index in [1.807, 2.05) is 36.1 Å². The Morgan fingerprint density at radius 3 is 2.33 bits per heavy atom. The summed E-state index contributed by atoms with van der Waals surface area (Å²) in [4.78, 5) is 27.5. The van der Waals surface area contributed by atoms with Gasteiger partial charge in [0.1, 0.15) is 5.75 Å². The normalized spacial score (nSPS) is 20.7. The lowest BCUT2D eigenvalue weighted by Crippen LogP contribution is -2.42. The zero-order valence-electron chi connectivity index (χ0n) is 20.8. The van der Waals surface area contributed by atoms with Crippen molar-refractivity contribution in [2.24, 2.45) is 11.8 Å². The van der Waals surface area contributed by atoms with Crippen LogP contribution in [0.3, 0.4) is 0 Å². The second-order valence-electron chi connectivity index (χ2n) is 10.1. The molecule has 0 aromatic heterocycles. The third kappa shape index (κ3) is 4.86. The van der Waals surface area contributed by atoms with Crippen LogP contribution in [0.25, 0.3) is 0 Å². The minimum absolute atomic E-state index is 0.0400. The number of rotatable bonds is 7. The Morgan fingerprint density at radius 2 is 1.69 bits per heavy atom. The summed E-state index contributed by atoms with van der Waals surface area (Å²) in [5.41, 5.74) is 2.73. The molecule has 2 aromatic rings. The van der Waals surface area contributed by atoms with Crippen molar-refractivity contribution in [1.82, 2.24) is 9.62 Å². The molecule has 1 atom stereocenters. The van der Waals surface area contributed by atoms with E-state index in [4.69, 9.17) is 4.74 Å². The lowest BCUT2D eigenvalue weighted by molar-refractivity contribution is -0.126. The van der Waals surface area contributed by atoms with Crippen LogP contribution in [0.2, 0.25) is 0 Å². The van der Waals surface area contributed by atoms with Gasteiger partial charge in [0, 0.05) is 43.2 Å². The number of amides is 2. The van der Waals surface area contributed by atoms with Crippen molar-refractivity contribution in [3.05, 3.63) is 53.6 Å². The highest BCUT2D eigenvalue weighted by molar-refractivity contribution is 7.89. The van der Waals surface area contributed by atoms with Crippen molar-refractivity contribution in [3.8, 4) is 5.75 Å². The first-order valence-electron chi connectivity index (χ1n) is 12.6. The number of methoxy groups -OCH3 is 1. The summed E-state index contributed by atoms with van der Waals surface area (Å²) >= 11 is 0. The van der Waals surface area contributed by atoms with Crippen LogP contribution in [-0.2, 0) is 32.6 Å². The Hall–Kier alpha value is -2.91. The van der Waals surface area contributed by atoms with Crippen molar-refractivity contribution in [2.75, 3.05) is 25.1 Å². The molecule has 1 aliphatic carbocycles. The van der Waals surface area contributed by atoms with Gasteiger partial charge in [-0.15, -0.1) is 0 Å². The predicted molar refractivity (Wildman–Crippen MR) is 136 cm³/mol. The lowest BCUT2D eigenvalue weighted by Gasteiger charge is -2.30. The van der Waals surface area contributed by atoms with Crippen molar-refractivity contribution < 1.29 is 22.7 Å². The maximum atomic E-state index is 13.4. The first-order valence-corrected chi connectivity index (χ1v) is 14.1. The average Bonchev–Trinajstić information content (AvgIpc) is 3.69. The molecule has 2 amide bonds. The first-order chi connectivity index (χ1) is 17.3. The third-order valence-electron chi connectivity index (χ3n) is 7.52. The third-order valence-corrected chi connectivity index (χ3v) is 9.41. The highest BCUT2D eigenvalue weighted by atomic mass is 32.2. The summed E-state index contributed by atoms with van der Waals surface area (Å²) in [6.45, 7) is 3.06. The smallest absolute Gasteiger partial charge is 0.243 e. The monoisotopic (exact) mass is 511 g/mol. The van der Waals surface area contributed by atoms with E-state index in [1.54, 1.807) is 25.3 Å². The number of benzene rings is 2. The van der Waals surface area contributed by atoms with Crippen LogP contribution in [0.1, 0.15) is 43.7 Å². The molecule has 0 bridgehead atoms. The van der Waals surface area contributed by atoms with Gasteiger partial charge in [-0.25, -0.2) is 8.42 Å². The SMILES string of the molecule is COc1ccc(CNC(=O)C2CCN(S(=O)(=O)c3ccc4c(c3)C[C@H](C)N4C(=O)C3CC3)CC2)cc1. The fraction of sp³-hybridized carbons (Fsp3) is 0.481. The lowest BCUT2D eigenvalue weighted by atomic mass is 9.97. The van der Waals surface area contributed by atoms with Gasteiger partial charge in [0.25, 0.3) is 0 Å². The van der Waals surface area contributed by atoms with E-state index < -0.39 is 10.0 Å². The van der Waals surface area contributed by atoms with Gasteiger partial charge in [0.2, 0.25) is 21.8 Å². The minimum Gasteiger partial charge on any atom is -0.497 e. The van der Waals surface area contributed by atoms with E-state index in [1.165, 1.54) is 4.31 Å². The summed E-state index contributed by atoms with van der Waals surface area (Å²) in [7, 11) is -2.06. The Balaban J connectivity index is 1.19. The molecule has 36 heavy (non-hydrogen) atoms. The fourth-order valence-corrected chi connectivity index (χ4v) is 6.74. The first kappa shape index (κ1) is 24.8. The Kier molecular flexibility index (Phi) is 6.78. The van der Waals surface area contributed by atoms with Gasteiger partial charge < -0.3 is 15.0 Å². The number of sulfonamides is 1. The van der Waals surface area contributed by atoms with E-state index in [0.29, 0.717) is 38.9 Å². The number of piperidine rings is 1. The van der Waals surface area contributed by atoms with E-state index in [-0.39, 0.29) is 34.6 Å². The molecule has 1 saturated carbocycles. The number of carbonyl (C=O) groups is 2. The summed E-state index contributed by atoms with van der Waals surface area (Å²) in [5.74, 6) is 0.786. The van der Waals surface area contributed by atoms with E-state index in [2.05, 4.69) is 5.32 Å². The number of anilines is 1. The number of carbonyl (C=O) groups excluding carboxylic acids is 2. The molecule has 0 radical (unpaired) electrons. The molecule has 5 rings (SSSR count). The van der Waals surface area contributed by atoms with Crippen LogP contribution in [0.5, 0.6) is 5.75 Å². The molecule has 3 aliphatic rings. The highest BCUT2D eigenvalue weighted by Crippen LogP contribution is 2.40. The summed E-state index contributed by atoms with van der Waals surface area (Å²) < 4.78 is 33.4. The zero-order valence-corrected chi connectivity index (χ0v) is 21.6. The molecule has 2 heterocycles. The van der Waals surface area contributed by atoms with Gasteiger partial charge in [-0.3, -0.25) is 9.59 Å². The number of hydrogen-bond donors (Lipinski definition) is 1. The molecule has 1 N–H and O–H groups in total. The van der Waals surface area contributed by atoms with Gasteiger partial charge >= 0.3 is 0 Å². The van der Waals surface area contributed by atoms with Gasteiger partial charge in [-0.1, -0.05) is 12.1 Å². The average molecular weight is 512 g/mol. The van der Waals surface area contributed by atoms with Gasteiger partial charge in [0.15, 0.2) is 0 Å². The zero-order chi connectivity index (χ0) is 25.4. The molecule has 2 aliphatic heterocycles. The predicted octanol–water partition coefficient (Wildman–Crippen LogP) is 3.10. The van der Waals surface area contributed by atoms with Gasteiger partial charge in [-0.2, -0.15) is 4.31 Å². The molecular formula is C27H33N3O5S. The fourth-order valence-electron chi connectivity index (χ4n) is 5.22. The summed E-state index contributed by atoms with van der Waals surface area (Å²) in [5, 5.41) is 2.97. The van der Waals surface area contributed by atoms with Gasteiger partial charge in [-0.05, 0) is 80.5 Å². The van der Waals surface area contributed by atoms with Crippen molar-refractivity contribution >= 4 is 27.5 Å². The largest absolute Gasteiger partial charge is 0.497 e. The minimum atomic E-state index is -3.67. The Morgan fingerprint density at radius 1 is 1.00 bits per heavy atom. The topological polar surface area (TPSA) is 96.0 Å². The second-order valence-corrected chi connectivity index (χ2v) is 12.0. The van der Waals surface area contributed by atoms with Crippen molar-refractivity contribution in [2.45, 2.75) is 56.5 Å². The molecule has 1 saturated heterocycles. The molecule has 0 unspecified atom stereocenters. The second kappa shape index (κ2) is 9.86. The van der Waals surface area contributed by atoms with Crippen LogP contribution < -0.4 is 15.0 Å². The quantitative estimate of drug-likeness (QED) is 0.616. The number of nitrogens with one attached hydrogen (secondary N) is 1. The van der Waals surface area contributed by atoms with Crippen LogP contribution in [0.15, 0.2) is 47.4 Å².